The Kier molecular flexibility index (Phi) is 5.70. The van der Waals surface area contributed by atoms with E-state index < -0.39 is 24.5 Å². The van der Waals surface area contributed by atoms with E-state index in [-0.39, 0.29) is 22.2 Å². The Bertz CT molecular complexity index is 528. The standard InChI is InChI=1S/C12H15F3N2O3S/c1-4-5-17(6-12(13,14)15)11-16-8(10(19)20-3)9(21-11)7(2)18/h4-6H2,1-3H3. The van der Waals surface area contributed by atoms with E-state index in [9.17, 15) is 22.8 Å². The van der Waals surface area contributed by atoms with E-state index in [2.05, 4.69) is 9.72 Å². The maximum atomic E-state index is 12.6. The molecule has 1 heterocycles. The fraction of sp³-hybridized carbons (Fsp3) is 0.583. The smallest absolute Gasteiger partial charge is 0.406 e. The molecule has 0 aliphatic carbocycles. The second-order valence-corrected chi connectivity index (χ2v) is 5.24. The van der Waals surface area contributed by atoms with Crippen molar-refractivity contribution >= 4 is 28.2 Å². The molecule has 0 saturated carbocycles. The molecule has 0 saturated heterocycles. The first-order valence-electron chi connectivity index (χ1n) is 6.11. The average molecular weight is 324 g/mol. The minimum Gasteiger partial charge on any atom is -0.464 e. The van der Waals surface area contributed by atoms with E-state index in [0.717, 1.165) is 23.3 Å². The van der Waals surface area contributed by atoms with E-state index in [0.29, 0.717) is 6.42 Å². The van der Waals surface area contributed by atoms with Crippen LogP contribution in [0.4, 0.5) is 18.3 Å². The van der Waals surface area contributed by atoms with Crippen LogP contribution in [-0.2, 0) is 4.74 Å². The molecule has 1 rings (SSSR count). The van der Waals surface area contributed by atoms with Gasteiger partial charge < -0.3 is 9.64 Å². The molecule has 0 N–H and O–H groups in total. The molecule has 0 spiro atoms. The van der Waals surface area contributed by atoms with Crippen LogP contribution in [0.25, 0.3) is 0 Å². The van der Waals surface area contributed by atoms with Crippen molar-refractivity contribution in [1.29, 1.82) is 0 Å². The number of alkyl halides is 3. The number of esters is 1. The maximum absolute atomic E-state index is 12.6. The van der Waals surface area contributed by atoms with Gasteiger partial charge in [-0.3, -0.25) is 4.79 Å². The Hall–Kier alpha value is -1.64. The maximum Gasteiger partial charge on any atom is 0.406 e. The summed E-state index contributed by atoms with van der Waals surface area (Å²) >= 11 is 0.764. The molecule has 1 aromatic rings. The van der Waals surface area contributed by atoms with E-state index in [1.807, 2.05) is 0 Å². The first kappa shape index (κ1) is 17.4. The largest absolute Gasteiger partial charge is 0.464 e. The van der Waals surface area contributed by atoms with Gasteiger partial charge in [-0.1, -0.05) is 18.3 Å². The van der Waals surface area contributed by atoms with Gasteiger partial charge in [0.1, 0.15) is 11.4 Å². The molecule has 1 aromatic heterocycles. The van der Waals surface area contributed by atoms with Crippen LogP contribution in [0, 0.1) is 0 Å². The summed E-state index contributed by atoms with van der Waals surface area (Å²) < 4.78 is 42.2. The van der Waals surface area contributed by atoms with Crippen molar-refractivity contribution in [2.45, 2.75) is 26.4 Å². The Balaban J connectivity index is 3.20. The van der Waals surface area contributed by atoms with Gasteiger partial charge >= 0.3 is 12.1 Å². The highest BCUT2D eigenvalue weighted by Crippen LogP contribution is 2.30. The predicted molar refractivity (Wildman–Crippen MR) is 72.0 cm³/mol. The van der Waals surface area contributed by atoms with E-state index in [1.165, 1.54) is 6.92 Å². The fourth-order valence-electron chi connectivity index (χ4n) is 1.65. The number of anilines is 1. The topological polar surface area (TPSA) is 59.5 Å². The molecule has 118 valence electrons. The second-order valence-electron chi connectivity index (χ2n) is 4.26. The number of aromatic nitrogens is 1. The third kappa shape index (κ3) is 4.69. The summed E-state index contributed by atoms with van der Waals surface area (Å²) in [5.74, 6) is -1.28. The minimum atomic E-state index is -4.40. The van der Waals surface area contributed by atoms with Crippen LogP contribution in [-0.4, -0.2) is 43.1 Å². The zero-order valence-electron chi connectivity index (χ0n) is 11.8. The van der Waals surface area contributed by atoms with Gasteiger partial charge in [0.2, 0.25) is 0 Å². The lowest BCUT2D eigenvalue weighted by molar-refractivity contribution is -0.119. The van der Waals surface area contributed by atoms with Crippen molar-refractivity contribution in [1.82, 2.24) is 4.98 Å². The van der Waals surface area contributed by atoms with Crippen molar-refractivity contribution in [2.75, 3.05) is 25.1 Å². The van der Waals surface area contributed by atoms with Crippen molar-refractivity contribution in [2.24, 2.45) is 0 Å². The monoisotopic (exact) mass is 324 g/mol. The number of methoxy groups -OCH3 is 1. The number of hydrogen-bond donors (Lipinski definition) is 0. The quantitative estimate of drug-likeness (QED) is 0.595. The number of carbonyl (C=O) groups excluding carboxylic acids is 2. The first-order valence-corrected chi connectivity index (χ1v) is 6.93. The molecule has 0 aromatic carbocycles. The van der Waals surface area contributed by atoms with Crippen molar-refractivity contribution < 1.29 is 27.5 Å². The van der Waals surface area contributed by atoms with E-state index in [4.69, 9.17) is 0 Å². The van der Waals surface area contributed by atoms with Crippen LogP contribution in [0.15, 0.2) is 0 Å². The highest BCUT2D eigenvalue weighted by molar-refractivity contribution is 7.17. The highest BCUT2D eigenvalue weighted by atomic mass is 32.1. The lowest BCUT2D eigenvalue weighted by Crippen LogP contribution is -2.34. The van der Waals surface area contributed by atoms with Gasteiger partial charge in [0.05, 0.1) is 7.11 Å². The predicted octanol–water partition coefficient (Wildman–Crippen LogP) is 2.91. The van der Waals surface area contributed by atoms with E-state index in [1.54, 1.807) is 6.92 Å². The number of halogens is 3. The molecule has 0 aliphatic rings. The second kappa shape index (κ2) is 6.88. The fourth-order valence-corrected chi connectivity index (χ4v) is 2.62. The van der Waals surface area contributed by atoms with Gasteiger partial charge in [-0.2, -0.15) is 13.2 Å². The number of ether oxygens (including phenoxy) is 1. The van der Waals surface area contributed by atoms with Crippen LogP contribution < -0.4 is 4.90 Å². The Morgan fingerprint density at radius 3 is 2.43 bits per heavy atom. The van der Waals surface area contributed by atoms with Crippen LogP contribution >= 0.6 is 11.3 Å². The summed E-state index contributed by atoms with van der Waals surface area (Å²) in [5.41, 5.74) is -0.242. The lowest BCUT2D eigenvalue weighted by atomic mass is 10.3. The number of hydrogen-bond acceptors (Lipinski definition) is 6. The van der Waals surface area contributed by atoms with Crippen molar-refractivity contribution in [3.8, 4) is 0 Å². The van der Waals surface area contributed by atoms with Gasteiger partial charge in [0.25, 0.3) is 0 Å². The summed E-state index contributed by atoms with van der Waals surface area (Å²) in [5, 5.41) is -0.0141. The van der Waals surface area contributed by atoms with Gasteiger partial charge in [-0.25, -0.2) is 9.78 Å². The van der Waals surface area contributed by atoms with Gasteiger partial charge in [0.15, 0.2) is 16.6 Å². The lowest BCUT2D eigenvalue weighted by Gasteiger charge is -2.22. The molecule has 0 bridgehead atoms. The van der Waals surface area contributed by atoms with Gasteiger partial charge in [-0.05, 0) is 6.42 Å². The molecule has 0 atom stereocenters. The van der Waals surface area contributed by atoms with Crippen LogP contribution in [0.3, 0.4) is 0 Å². The Morgan fingerprint density at radius 2 is 2.00 bits per heavy atom. The molecular weight excluding hydrogens is 309 g/mol. The van der Waals surface area contributed by atoms with Gasteiger partial charge in [-0.15, -0.1) is 0 Å². The summed E-state index contributed by atoms with van der Waals surface area (Å²) in [6.07, 6.45) is -3.93. The zero-order valence-corrected chi connectivity index (χ0v) is 12.6. The molecule has 0 radical (unpaired) electrons. The van der Waals surface area contributed by atoms with Crippen molar-refractivity contribution in [3.05, 3.63) is 10.6 Å². The number of carbonyl (C=O) groups is 2. The molecular formula is C12H15F3N2O3S. The Morgan fingerprint density at radius 1 is 1.38 bits per heavy atom. The number of ketones is 1. The van der Waals surface area contributed by atoms with Crippen LogP contribution in [0.5, 0.6) is 0 Å². The molecule has 0 amide bonds. The van der Waals surface area contributed by atoms with Crippen molar-refractivity contribution in [3.63, 3.8) is 0 Å². The summed E-state index contributed by atoms with van der Waals surface area (Å²) in [7, 11) is 1.12. The molecule has 0 aliphatic heterocycles. The zero-order chi connectivity index (χ0) is 16.2. The third-order valence-corrected chi connectivity index (χ3v) is 3.67. The molecule has 5 nitrogen and oxygen atoms in total. The molecule has 21 heavy (non-hydrogen) atoms. The third-order valence-electron chi connectivity index (χ3n) is 2.45. The number of nitrogens with zero attached hydrogens (tertiary/aromatic N) is 2. The molecule has 9 heteroatoms. The first-order chi connectivity index (χ1) is 9.69. The molecule has 0 fully saturated rings. The Labute approximate surface area is 123 Å². The SMILES string of the molecule is CCCN(CC(F)(F)F)c1nc(C(=O)OC)c(C(C)=O)s1. The summed E-state index contributed by atoms with van der Waals surface area (Å²) in [6, 6.07) is 0. The van der Waals surface area contributed by atoms with Gasteiger partial charge in [0, 0.05) is 13.5 Å². The number of Topliss-reactive ketones (excluding diaryl/α,β-unsaturated/α-hetero) is 1. The van der Waals surface area contributed by atoms with Crippen LogP contribution in [0.1, 0.15) is 40.4 Å². The number of rotatable bonds is 6. The molecule has 0 unspecified atom stereocenters. The van der Waals surface area contributed by atoms with Crippen LogP contribution in [0.2, 0.25) is 0 Å². The normalized spacial score (nSPS) is 11.3. The van der Waals surface area contributed by atoms with E-state index >= 15 is 0 Å². The highest BCUT2D eigenvalue weighted by Gasteiger charge is 2.33. The number of thiazole rings is 1. The summed E-state index contributed by atoms with van der Waals surface area (Å²) in [6.45, 7) is 1.87. The average Bonchev–Trinajstić information content (AvgIpc) is 2.81. The summed E-state index contributed by atoms with van der Waals surface area (Å²) in [4.78, 5) is 27.9. The minimum absolute atomic E-state index is 0.000118.